The van der Waals surface area contributed by atoms with Crippen molar-refractivity contribution in [3.8, 4) is 5.75 Å². The second-order valence-electron chi connectivity index (χ2n) is 5.33. The van der Waals surface area contributed by atoms with E-state index < -0.39 is 10.0 Å². The molecule has 0 bridgehead atoms. The molecule has 0 spiro atoms. The van der Waals surface area contributed by atoms with E-state index in [0.717, 1.165) is 5.75 Å². The number of rotatable bonds is 10. The van der Waals surface area contributed by atoms with E-state index in [1.54, 1.807) is 18.2 Å². The highest BCUT2D eigenvalue weighted by atomic mass is 32.2. The first-order chi connectivity index (χ1) is 12.1. The average molecular weight is 362 g/mol. The summed E-state index contributed by atoms with van der Waals surface area (Å²) >= 11 is 0. The molecule has 0 radical (unpaired) electrons. The zero-order valence-corrected chi connectivity index (χ0v) is 14.7. The first kappa shape index (κ1) is 19.0. The molecule has 0 fully saturated rings. The van der Waals surface area contributed by atoms with Gasteiger partial charge in [0.15, 0.2) is 0 Å². The van der Waals surface area contributed by atoms with Gasteiger partial charge >= 0.3 is 0 Å². The van der Waals surface area contributed by atoms with Crippen molar-refractivity contribution in [1.82, 2.24) is 10.0 Å². The second kappa shape index (κ2) is 9.80. The Labute approximate surface area is 148 Å². The lowest BCUT2D eigenvalue weighted by atomic mass is 10.3. The van der Waals surface area contributed by atoms with Crippen molar-refractivity contribution >= 4 is 15.9 Å². The Morgan fingerprint density at radius 1 is 0.920 bits per heavy atom. The summed E-state index contributed by atoms with van der Waals surface area (Å²) in [7, 11) is -3.53. The highest BCUT2D eigenvalue weighted by molar-refractivity contribution is 7.89. The van der Waals surface area contributed by atoms with Gasteiger partial charge in [-0.05, 0) is 30.7 Å². The second-order valence-corrected chi connectivity index (χ2v) is 7.09. The molecule has 0 aliphatic heterocycles. The van der Waals surface area contributed by atoms with Gasteiger partial charge in [0.1, 0.15) is 5.75 Å². The van der Waals surface area contributed by atoms with Gasteiger partial charge in [-0.15, -0.1) is 0 Å². The van der Waals surface area contributed by atoms with E-state index in [4.69, 9.17) is 4.74 Å². The van der Waals surface area contributed by atoms with Crippen molar-refractivity contribution in [2.45, 2.75) is 17.7 Å². The molecule has 0 aliphatic carbocycles. The van der Waals surface area contributed by atoms with Crippen LogP contribution in [-0.4, -0.2) is 34.0 Å². The summed E-state index contributed by atoms with van der Waals surface area (Å²) in [6, 6.07) is 17.5. The lowest BCUT2D eigenvalue weighted by Gasteiger charge is -2.08. The smallest absolute Gasteiger partial charge is 0.240 e. The highest BCUT2D eigenvalue weighted by Crippen LogP contribution is 2.09. The minimum absolute atomic E-state index is 0.129. The number of nitrogens with one attached hydrogen (secondary N) is 2. The Morgan fingerprint density at radius 3 is 2.24 bits per heavy atom. The molecule has 0 aliphatic rings. The summed E-state index contributed by atoms with van der Waals surface area (Å²) in [5.41, 5.74) is 0. The molecule has 0 heterocycles. The summed E-state index contributed by atoms with van der Waals surface area (Å²) < 4.78 is 31.9. The molecule has 134 valence electrons. The molecule has 6 nitrogen and oxygen atoms in total. The first-order valence-corrected chi connectivity index (χ1v) is 9.55. The van der Waals surface area contributed by atoms with Crippen LogP contribution in [0.25, 0.3) is 0 Å². The van der Waals surface area contributed by atoms with E-state index in [9.17, 15) is 13.2 Å². The number of hydrogen-bond donors (Lipinski definition) is 2. The molecule has 2 aromatic rings. The maximum Gasteiger partial charge on any atom is 0.240 e. The van der Waals surface area contributed by atoms with Crippen LogP contribution in [0.5, 0.6) is 5.75 Å². The zero-order valence-electron chi connectivity index (χ0n) is 13.9. The van der Waals surface area contributed by atoms with Gasteiger partial charge in [-0.3, -0.25) is 4.79 Å². The van der Waals surface area contributed by atoms with Gasteiger partial charge in [-0.25, -0.2) is 13.1 Å². The van der Waals surface area contributed by atoms with Crippen LogP contribution in [0.15, 0.2) is 65.6 Å². The standard InChI is InChI=1S/C18H22N2O4S/c21-18(12-7-15-24-16-8-3-1-4-9-16)19-13-14-20-25(22,23)17-10-5-2-6-11-17/h1-6,8-11,20H,7,12-15H2,(H,19,21). The molecular formula is C18H22N2O4S. The summed E-state index contributed by atoms with van der Waals surface area (Å²) in [4.78, 5) is 11.9. The minimum atomic E-state index is -3.53. The number of ether oxygens (including phenoxy) is 1. The van der Waals surface area contributed by atoms with E-state index in [0.29, 0.717) is 19.4 Å². The number of carbonyl (C=O) groups is 1. The fourth-order valence-corrected chi connectivity index (χ4v) is 3.15. The van der Waals surface area contributed by atoms with Crippen LogP contribution in [-0.2, 0) is 14.8 Å². The third-order valence-electron chi connectivity index (χ3n) is 3.35. The molecular weight excluding hydrogens is 340 g/mol. The number of amides is 1. The normalized spacial score (nSPS) is 11.0. The van der Waals surface area contributed by atoms with Gasteiger partial charge in [0, 0.05) is 19.5 Å². The van der Waals surface area contributed by atoms with E-state index in [-0.39, 0.29) is 23.9 Å². The molecule has 2 aromatic carbocycles. The van der Waals surface area contributed by atoms with Gasteiger partial charge in [0.2, 0.25) is 15.9 Å². The van der Waals surface area contributed by atoms with Gasteiger partial charge in [-0.2, -0.15) is 0 Å². The van der Waals surface area contributed by atoms with Crippen LogP contribution < -0.4 is 14.8 Å². The lowest BCUT2D eigenvalue weighted by molar-refractivity contribution is -0.121. The van der Waals surface area contributed by atoms with Crippen LogP contribution >= 0.6 is 0 Å². The predicted molar refractivity (Wildman–Crippen MR) is 95.8 cm³/mol. The average Bonchev–Trinajstić information content (AvgIpc) is 2.64. The summed E-state index contributed by atoms with van der Waals surface area (Å²) in [5.74, 6) is 0.647. The Morgan fingerprint density at radius 2 is 1.56 bits per heavy atom. The third kappa shape index (κ3) is 6.94. The van der Waals surface area contributed by atoms with Crippen LogP contribution in [0.3, 0.4) is 0 Å². The van der Waals surface area contributed by atoms with E-state index in [1.165, 1.54) is 12.1 Å². The molecule has 1 amide bonds. The van der Waals surface area contributed by atoms with Crippen LogP contribution in [0.2, 0.25) is 0 Å². The fraction of sp³-hybridized carbons (Fsp3) is 0.278. The van der Waals surface area contributed by atoms with Crippen molar-refractivity contribution < 1.29 is 17.9 Å². The molecule has 0 unspecified atom stereocenters. The summed E-state index contributed by atoms with van der Waals surface area (Å²) in [6.45, 7) is 0.839. The molecule has 7 heteroatoms. The van der Waals surface area contributed by atoms with Crippen LogP contribution in [0.1, 0.15) is 12.8 Å². The SMILES string of the molecule is O=C(CCCOc1ccccc1)NCCNS(=O)(=O)c1ccccc1. The van der Waals surface area contributed by atoms with E-state index >= 15 is 0 Å². The van der Waals surface area contributed by atoms with Gasteiger partial charge in [-0.1, -0.05) is 36.4 Å². The molecule has 0 saturated carbocycles. The molecule has 0 aromatic heterocycles. The minimum Gasteiger partial charge on any atom is -0.494 e. The Balaban J connectivity index is 1.58. The maximum absolute atomic E-state index is 12.0. The Bertz CT molecular complexity index is 749. The fourth-order valence-electron chi connectivity index (χ4n) is 2.10. The topological polar surface area (TPSA) is 84.5 Å². The largest absolute Gasteiger partial charge is 0.494 e. The van der Waals surface area contributed by atoms with Crippen molar-refractivity contribution in [2.24, 2.45) is 0 Å². The Hall–Kier alpha value is -2.38. The van der Waals surface area contributed by atoms with E-state index in [2.05, 4.69) is 10.0 Å². The van der Waals surface area contributed by atoms with Gasteiger partial charge in [0.25, 0.3) is 0 Å². The number of benzene rings is 2. The van der Waals surface area contributed by atoms with Crippen molar-refractivity contribution in [1.29, 1.82) is 0 Å². The molecule has 2 rings (SSSR count). The number of carbonyl (C=O) groups excluding carboxylic acids is 1. The van der Waals surface area contributed by atoms with E-state index in [1.807, 2.05) is 30.3 Å². The van der Waals surface area contributed by atoms with Gasteiger partial charge < -0.3 is 10.1 Å². The summed E-state index contributed by atoms with van der Waals surface area (Å²) in [5, 5.41) is 2.68. The number of para-hydroxylation sites is 1. The molecule has 0 atom stereocenters. The molecule has 0 saturated heterocycles. The van der Waals surface area contributed by atoms with Crippen LogP contribution in [0.4, 0.5) is 0 Å². The van der Waals surface area contributed by atoms with Gasteiger partial charge in [0.05, 0.1) is 11.5 Å². The maximum atomic E-state index is 12.0. The first-order valence-electron chi connectivity index (χ1n) is 8.07. The highest BCUT2D eigenvalue weighted by Gasteiger charge is 2.12. The van der Waals surface area contributed by atoms with Crippen molar-refractivity contribution in [2.75, 3.05) is 19.7 Å². The van der Waals surface area contributed by atoms with Crippen molar-refractivity contribution in [3.63, 3.8) is 0 Å². The Kier molecular flexibility index (Phi) is 7.43. The molecule has 2 N–H and O–H groups in total. The lowest BCUT2D eigenvalue weighted by Crippen LogP contribution is -2.34. The predicted octanol–water partition coefficient (Wildman–Crippen LogP) is 1.94. The number of sulfonamides is 1. The zero-order chi connectivity index (χ0) is 18.0. The van der Waals surface area contributed by atoms with Crippen molar-refractivity contribution in [3.05, 3.63) is 60.7 Å². The quantitative estimate of drug-likeness (QED) is 0.633. The number of hydrogen-bond acceptors (Lipinski definition) is 4. The monoisotopic (exact) mass is 362 g/mol. The summed E-state index contributed by atoms with van der Waals surface area (Å²) in [6.07, 6.45) is 0.925. The molecule has 25 heavy (non-hydrogen) atoms. The third-order valence-corrected chi connectivity index (χ3v) is 4.83. The van der Waals surface area contributed by atoms with Crippen LogP contribution in [0, 0.1) is 0 Å².